The van der Waals surface area contributed by atoms with E-state index >= 15 is 0 Å². The lowest BCUT2D eigenvalue weighted by Crippen LogP contribution is -2.47. The van der Waals surface area contributed by atoms with Gasteiger partial charge in [0.05, 0.1) is 5.92 Å². The molecule has 3 amide bonds. The molecule has 1 aromatic carbocycles. The minimum Gasteiger partial charge on any atom is -0.353 e. The van der Waals surface area contributed by atoms with E-state index in [4.69, 9.17) is 0 Å². The lowest BCUT2D eigenvalue weighted by Gasteiger charge is -2.32. The molecular weight excluding hydrogens is 409 g/mol. The molecule has 0 aliphatic carbocycles. The number of rotatable bonds is 7. The summed E-state index contributed by atoms with van der Waals surface area (Å²) in [6.45, 7) is 8.66. The van der Waals surface area contributed by atoms with Gasteiger partial charge in [0.1, 0.15) is 5.82 Å². The Morgan fingerprint density at radius 1 is 1.12 bits per heavy atom. The van der Waals surface area contributed by atoms with Crippen LogP contribution in [0.2, 0.25) is 0 Å². The fraction of sp³-hybridized carbons (Fsp3) is 0.458. The van der Waals surface area contributed by atoms with Gasteiger partial charge in [-0.15, -0.1) is 0 Å². The molecule has 8 heteroatoms. The van der Waals surface area contributed by atoms with Crippen LogP contribution < -0.4 is 16.0 Å². The van der Waals surface area contributed by atoms with Crippen LogP contribution in [0.15, 0.2) is 36.4 Å². The Balaban J connectivity index is 1.34. The molecule has 2 aromatic rings. The Hall–Kier alpha value is -3.00. The van der Waals surface area contributed by atoms with Crippen molar-refractivity contribution in [3.63, 3.8) is 0 Å². The van der Waals surface area contributed by atoms with Crippen LogP contribution >= 0.6 is 0 Å². The van der Waals surface area contributed by atoms with Crippen LogP contribution in [0, 0.1) is 19.7 Å². The molecule has 1 fully saturated rings. The smallest absolute Gasteiger partial charge is 0.319 e. The molecule has 2 heterocycles. The van der Waals surface area contributed by atoms with Crippen molar-refractivity contribution in [1.29, 1.82) is 0 Å². The van der Waals surface area contributed by atoms with Gasteiger partial charge in [-0.25, -0.2) is 9.18 Å². The fourth-order valence-electron chi connectivity index (χ4n) is 3.94. The first-order valence-electron chi connectivity index (χ1n) is 11.1. The highest BCUT2D eigenvalue weighted by Crippen LogP contribution is 2.18. The molecule has 1 saturated heterocycles. The first kappa shape index (κ1) is 23.7. The Morgan fingerprint density at radius 3 is 2.38 bits per heavy atom. The van der Waals surface area contributed by atoms with Crippen LogP contribution in [0.25, 0.3) is 0 Å². The average Bonchev–Trinajstić information content (AvgIpc) is 2.74. The molecule has 32 heavy (non-hydrogen) atoms. The lowest BCUT2D eigenvalue weighted by molar-refractivity contribution is -0.123. The summed E-state index contributed by atoms with van der Waals surface area (Å²) in [5.74, 6) is -0.650. The van der Waals surface area contributed by atoms with Gasteiger partial charge in [-0.3, -0.25) is 9.78 Å². The molecule has 0 radical (unpaired) electrons. The minimum atomic E-state index is -0.315. The summed E-state index contributed by atoms with van der Waals surface area (Å²) in [4.78, 5) is 31.2. The quantitative estimate of drug-likeness (QED) is 0.615. The monoisotopic (exact) mass is 441 g/mol. The molecule has 3 N–H and O–H groups in total. The largest absolute Gasteiger partial charge is 0.353 e. The first-order chi connectivity index (χ1) is 15.3. The summed E-state index contributed by atoms with van der Waals surface area (Å²) in [5, 5.41) is 8.85. The molecule has 0 saturated carbocycles. The zero-order chi connectivity index (χ0) is 23.1. The molecule has 1 aliphatic rings. The van der Waals surface area contributed by atoms with E-state index < -0.39 is 0 Å². The van der Waals surface area contributed by atoms with E-state index in [2.05, 4.69) is 25.8 Å². The fourth-order valence-corrected chi connectivity index (χ4v) is 3.94. The van der Waals surface area contributed by atoms with Crippen molar-refractivity contribution >= 4 is 17.6 Å². The maximum atomic E-state index is 13.1. The number of nitrogens with one attached hydrogen (secondary N) is 3. The van der Waals surface area contributed by atoms with E-state index in [-0.39, 0.29) is 29.7 Å². The summed E-state index contributed by atoms with van der Waals surface area (Å²) < 4.78 is 13.1. The topological polar surface area (TPSA) is 86.4 Å². The molecule has 1 aromatic heterocycles. The van der Waals surface area contributed by atoms with Gasteiger partial charge in [0, 0.05) is 49.3 Å². The van der Waals surface area contributed by atoms with Gasteiger partial charge in [-0.2, -0.15) is 0 Å². The minimum absolute atomic E-state index is 0.0324. The van der Waals surface area contributed by atoms with E-state index in [9.17, 15) is 14.0 Å². The summed E-state index contributed by atoms with van der Waals surface area (Å²) in [6, 6.07) is 9.65. The highest BCUT2D eigenvalue weighted by Gasteiger charge is 2.23. The number of benzene rings is 1. The molecule has 1 atom stereocenters. The van der Waals surface area contributed by atoms with E-state index in [1.165, 1.54) is 12.1 Å². The molecule has 1 aliphatic heterocycles. The summed E-state index contributed by atoms with van der Waals surface area (Å²) in [6.07, 6.45) is 1.73. The van der Waals surface area contributed by atoms with Crippen LogP contribution in [0.4, 0.5) is 14.9 Å². The van der Waals surface area contributed by atoms with Crippen LogP contribution in [0.1, 0.15) is 42.6 Å². The van der Waals surface area contributed by atoms with Crippen molar-refractivity contribution in [2.24, 2.45) is 0 Å². The summed E-state index contributed by atoms with van der Waals surface area (Å²) in [7, 11) is 0. The number of urea groups is 1. The number of amides is 3. The molecule has 0 bridgehead atoms. The molecule has 1 unspecified atom stereocenters. The number of piperidine rings is 1. The number of aromatic nitrogens is 1. The van der Waals surface area contributed by atoms with Crippen molar-refractivity contribution in [2.45, 2.75) is 45.6 Å². The number of aryl methyl sites for hydroxylation is 2. The van der Waals surface area contributed by atoms with Gasteiger partial charge in [0.2, 0.25) is 5.91 Å². The number of anilines is 1. The number of pyridine rings is 1. The zero-order valence-electron chi connectivity index (χ0n) is 19.0. The van der Waals surface area contributed by atoms with Gasteiger partial charge >= 0.3 is 6.03 Å². The van der Waals surface area contributed by atoms with Crippen LogP contribution in [0.3, 0.4) is 0 Å². The number of hydrogen-bond donors (Lipinski definition) is 3. The van der Waals surface area contributed by atoms with E-state index in [1.807, 2.05) is 32.9 Å². The number of carbonyl (C=O) groups is 2. The Labute approximate surface area is 188 Å². The van der Waals surface area contributed by atoms with Crippen molar-refractivity contribution in [2.75, 3.05) is 31.5 Å². The lowest BCUT2D eigenvalue weighted by atomic mass is 9.98. The number of likely N-dealkylation sites (tertiary alicyclic amines) is 1. The van der Waals surface area contributed by atoms with E-state index in [0.717, 1.165) is 55.1 Å². The first-order valence-corrected chi connectivity index (χ1v) is 11.1. The number of carbonyl (C=O) groups excluding carboxylic acids is 2. The number of hydrogen-bond acceptors (Lipinski definition) is 4. The SMILES string of the molecule is Cc1cc(NC(=O)NCCN2CCC(NC(=O)C(C)c3ccc(F)cc3)CC2)cc(C)n1. The van der Waals surface area contributed by atoms with E-state index in [0.29, 0.717) is 6.54 Å². The third-order valence-electron chi connectivity index (χ3n) is 5.75. The zero-order valence-corrected chi connectivity index (χ0v) is 19.0. The maximum Gasteiger partial charge on any atom is 0.319 e. The normalized spacial score (nSPS) is 15.8. The van der Waals surface area contributed by atoms with Crippen LogP contribution in [0.5, 0.6) is 0 Å². The molecule has 172 valence electrons. The Morgan fingerprint density at radius 2 is 1.75 bits per heavy atom. The molecule has 3 rings (SSSR count). The van der Waals surface area contributed by atoms with Crippen molar-refractivity contribution < 1.29 is 14.0 Å². The molecular formula is C24H32FN5O2. The molecule has 0 spiro atoms. The summed E-state index contributed by atoms with van der Waals surface area (Å²) >= 11 is 0. The van der Waals surface area contributed by atoms with Gasteiger partial charge in [0.15, 0.2) is 0 Å². The second-order valence-corrected chi connectivity index (χ2v) is 8.42. The van der Waals surface area contributed by atoms with E-state index in [1.54, 1.807) is 12.1 Å². The average molecular weight is 442 g/mol. The van der Waals surface area contributed by atoms with Gasteiger partial charge < -0.3 is 20.9 Å². The van der Waals surface area contributed by atoms with Gasteiger partial charge in [-0.05, 0) is 63.4 Å². The van der Waals surface area contributed by atoms with Crippen LogP contribution in [-0.2, 0) is 4.79 Å². The van der Waals surface area contributed by atoms with Crippen LogP contribution in [-0.4, -0.2) is 54.0 Å². The maximum absolute atomic E-state index is 13.1. The predicted molar refractivity (Wildman–Crippen MR) is 123 cm³/mol. The third kappa shape index (κ3) is 7.02. The Bertz CT molecular complexity index is 906. The second-order valence-electron chi connectivity index (χ2n) is 8.42. The number of halogens is 1. The van der Waals surface area contributed by atoms with Gasteiger partial charge in [0.25, 0.3) is 0 Å². The highest BCUT2D eigenvalue weighted by molar-refractivity contribution is 5.89. The highest BCUT2D eigenvalue weighted by atomic mass is 19.1. The third-order valence-corrected chi connectivity index (χ3v) is 5.75. The number of nitrogens with zero attached hydrogens (tertiary/aromatic N) is 2. The second kappa shape index (κ2) is 11.0. The standard InChI is InChI=1S/C24H32FN5O2/c1-16-14-22(15-17(2)27-16)29-24(32)26-10-13-30-11-8-21(9-12-30)28-23(31)18(3)19-4-6-20(25)7-5-19/h4-7,14-15,18,21H,8-13H2,1-3H3,(H,28,31)(H2,26,27,29,32). The summed E-state index contributed by atoms with van der Waals surface area (Å²) in [5.41, 5.74) is 3.27. The van der Waals surface area contributed by atoms with Crippen molar-refractivity contribution in [1.82, 2.24) is 20.5 Å². The van der Waals surface area contributed by atoms with Crippen molar-refractivity contribution in [3.05, 3.63) is 59.2 Å². The molecule has 7 nitrogen and oxygen atoms in total. The van der Waals surface area contributed by atoms with Crippen molar-refractivity contribution in [3.8, 4) is 0 Å². The predicted octanol–water partition coefficient (Wildman–Crippen LogP) is 3.34. The van der Waals surface area contributed by atoms with Gasteiger partial charge in [-0.1, -0.05) is 12.1 Å². The Kier molecular flexibility index (Phi) is 8.16.